The Balaban J connectivity index is 1.96. The van der Waals surface area contributed by atoms with E-state index in [-0.39, 0.29) is 0 Å². The van der Waals surface area contributed by atoms with Gasteiger partial charge >= 0.3 is 0 Å². The first-order valence-corrected chi connectivity index (χ1v) is 7.68. The summed E-state index contributed by atoms with van der Waals surface area (Å²) in [6, 6.07) is 11.0. The summed E-state index contributed by atoms with van der Waals surface area (Å²) >= 11 is 1.82. The van der Waals surface area contributed by atoms with Crippen LogP contribution in [0.15, 0.2) is 35.7 Å². The van der Waals surface area contributed by atoms with Crippen LogP contribution in [0.25, 0.3) is 0 Å². The van der Waals surface area contributed by atoms with Crippen LogP contribution in [0.3, 0.4) is 0 Å². The maximum absolute atomic E-state index is 5.84. The van der Waals surface area contributed by atoms with Crippen molar-refractivity contribution in [3.63, 3.8) is 0 Å². The topological polar surface area (TPSA) is 21.3 Å². The summed E-state index contributed by atoms with van der Waals surface area (Å²) < 4.78 is 5.84. The van der Waals surface area contributed by atoms with E-state index in [4.69, 9.17) is 4.74 Å². The van der Waals surface area contributed by atoms with Crippen molar-refractivity contribution in [1.82, 2.24) is 5.32 Å². The molecule has 2 heterocycles. The first-order chi connectivity index (χ1) is 9.31. The van der Waals surface area contributed by atoms with Crippen LogP contribution in [-0.2, 0) is 0 Å². The van der Waals surface area contributed by atoms with Gasteiger partial charge in [-0.2, -0.15) is 0 Å². The summed E-state index contributed by atoms with van der Waals surface area (Å²) in [5.74, 6) is 1.45. The second-order valence-electron chi connectivity index (χ2n) is 4.92. The minimum absolute atomic E-state index is 0.347. The molecular formula is C16H19NOS. The van der Waals surface area contributed by atoms with Gasteiger partial charge < -0.3 is 10.1 Å². The molecule has 0 aliphatic carbocycles. The van der Waals surface area contributed by atoms with Gasteiger partial charge in [-0.05, 0) is 36.5 Å². The Bertz CT molecular complexity index is 563. The summed E-state index contributed by atoms with van der Waals surface area (Å²) in [6.45, 7) is 6.10. The summed E-state index contributed by atoms with van der Waals surface area (Å²) in [7, 11) is 0. The summed E-state index contributed by atoms with van der Waals surface area (Å²) in [6.07, 6.45) is 0. The Morgan fingerprint density at radius 3 is 2.95 bits per heavy atom. The average molecular weight is 273 g/mol. The van der Waals surface area contributed by atoms with E-state index >= 15 is 0 Å². The van der Waals surface area contributed by atoms with Crippen molar-refractivity contribution in [1.29, 1.82) is 0 Å². The third-order valence-electron chi connectivity index (χ3n) is 3.80. The van der Waals surface area contributed by atoms with Crippen molar-refractivity contribution in [3.05, 3.63) is 51.7 Å². The molecule has 3 heteroatoms. The molecule has 0 amide bonds. The van der Waals surface area contributed by atoms with Gasteiger partial charge in [0, 0.05) is 22.4 Å². The van der Waals surface area contributed by atoms with Gasteiger partial charge in [0.2, 0.25) is 0 Å². The van der Waals surface area contributed by atoms with Crippen molar-refractivity contribution in [3.8, 4) is 5.75 Å². The lowest BCUT2D eigenvalue weighted by molar-refractivity contribution is 0.301. The van der Waals surface area contributed by atoms with Crippen LogP contribution in [-0.4, -0.2) is 13.2 Å². The highest BCUT2D eigenvalue weighted by molar-refractivity contribution is 7.10. The monoisotopic (exact) mass is 273 g/mol. The molecule has 2 nitrogen and oxygen atoms in total. The normalized spacial score (nSPS) is 18.9. The number of fused-ring (bicyclic) bond motifs is 1. The average Bonchev–Trinajstić information content (AvgIpc) is 3.03. The number of ether oxygens (including phenoxy) is 1. The van der Waals surface area contributed by atoms with E-state index < -0.39 is 0 Å². The molecule has 2 aromatic rings. The largest absolute Gasteiger partial charge is 0.493 e. The summed E-state index contributed by atoms with van der Waals surface area (Å²) in [4.78, 5) is 1.40. The van der Waals surface area contributed by atoms with Gasteiger partial charge in [0.05, 0.1) is 6.61 Å². The highest BCUT2D eigenvalue weighted by Crippen LogP contribution is 2.42. The lowest BCUT2D eigenvalue weighted by Gasteiger charge is -2.24. The van der Waals surface area contributed by atoms with Crippen LogP contribution in [0.1, 0.15) is 34.9 Å². The smallest absolute Gasteiger partial charge is 0.122 e. The van der Waals surface area contributed by atoms with Crippen molar-refractivity contribution in [2.75, 3.05) is 13.2 Å². The Morgan fingerprint density at radius 2 is 2.21 bits per heavy atom. The Morgan fingerprint density at radius 1 is 1.37 bits per heavy atom. The molecule has 19 heavy (non-hydrogen) atoms. The molecule has 0 saturated heterocycles. The third-order valence-corrected chi connectivity index (χ3v) is 4.66. The van der Waals surface area contributed by atoms with Crippen molar-refractivity contribution in [2.24, 2.45) is 0 Å². The van der Waals surface area contributed by atoms with E-state index in [0.29, 0.717) is 12.0 Å². The maximum Gasteiger partial charge on any atom is 0.122 e. The minimum atomic E-state index is 0.347. The summed E-state index contributed by atoms with van der Waals surface area (Å²) in [5, 5.41) is 5.81. The highest BCUT2D eigenvalue weighted by atomic mass is 32.1. The molecule has 100 valence electrons. The van der Waals surface area contributed by atoms with E-state index in [0.717, 1.165) is 18.9 Å². The zero-order chi connectivity index (χ0) is 13.2. The second kappa shape index (κ2) is 5.35. The quantitative estimate of drug-likeness (QED) is 0.912. The minimum Gasteiger partial charge on any atom is -0.493 e. The SMILES string of the molecule is CCNC(c1ccsc1C)C1COc2ccccc21. The number of thiophene rings is 1. The zero-order valence-corrected chi connectivity index (χ0v) is 12.2. The fourth-order valence-corrected chi connectivity index (χ4v) is 3.62. The number of aryl methyl sites for hydroxylation is 1. The molecule has 1 aromatic carbocycles. The van der Waals surface area contributed by atoms with Crippen molar-refractivity contribution >= 4 is 11.3 Å². The molecule has 2 unspecified atom stereocenters. The van der Waals surface area contributed by atoms with Crippen molar-refractivity contribution < 1.29 is 4.74 Å². The van der Waals surface area contributed by atoms with Gasteiger partial charge in [-0.15, -0.1) is 11.3 Å². The molecule has 0 bridgehead atoms. The molecule has 1 aliphatic rings. The van der Waals surface area contributed by atoms with Gasteiger partial charge in [0.1, 0.15) is 5.75 Å². The Hall–Kier alpha value is -1.32. The third kappa shape index (κ3) is 2.28. The van der Waals surface area contributed by atoms with E-state index in [1.165, 1.54) is 16.0 Å². The lowest BCUT2D eigenvalue weighted by Crippen LogP contribution is -2.28. The Labute approximate surface area is 118 Å². The number of hydrogen-bond acceptors (Lipinski definition) is 3. The number of nitrogens with one attached hydrogen (secondary N) is 1. The van der Waals surface area contributed by atoms with Crippen LogP contribution < -0.4 is 10.1 Å². The molecular weight excluding hydrogens is 254 g/mol. The number of likely N-dealkylation sites (N-methyl/N-ethyl adjacent to an activating group) is 1. The van der Waals surface area contributed by atoms with Crippen LogP contribution >= 0.6 is 11.3 Å². The predicted molar refractivity (Wildman–Crippen MR) is 80.2 cm³/mol. The fourth-order valence-electron chi connectivity index (χ4n) is 2.87. The van der Waals surface area contributed by atoms with Crippen LogP contribution in [0.2, 0.25) is 0 Å². The van der Waals surface area contributed by atoms with Gasteiger partial charge in [-0.3, -0.25) is 0 Å². The molecule has 0 saturated carbocycles. The molecule has 0 radical (unpaired) electrons. The van der Waals surface area contributed by atoms with Gasteiger partial charge in [0.15, 0.2) is 0 Å². The zero-order valence-electron chi connectivity index (χ0n) is 11.3. The number of hydrogen-bond donors (Lipinski definition) is 1. The number of para-hydroxylation sites is 1. The first-order valence-electron chi connectivity index (χ1n) is 6.80. The molecule has 3 rings (SSSR count). The van der Waals surface area contributed by atoms with Crippen LogP contribution in [0.4, 0.5) is 0 Å². The Kier molecular flexibility index (Phi) is 3.58. The number of rotatable bonds is 4. The van der Waals surface area contributed by atoms with E-state index in [9.17, 15) is 0 Å². The van der Waals surface area contributed by atoms with Crippen molar-refractivity contribution in [2.45, 2.75) is 25.8 Å². The van der Waals surface area contributed by atoms with Gasteiger partial charge in [0.25, 0.3) is 0 Å². The van der Waals surface area contributed by atoms with E-state index in [2.05, 4.69) is 48.8 Å². The predicted octanol–water partition coefficient (Wildman–Crippen LogP) is 3.88. The molecule has 0 fully saturated rings. The van der Waals surface area contributed by atoms with E-state index in [1.54, 1.807) is 0 Å². The van der Waals surface area contributed by atoms with Crippen LogP contribution in [0.5, 0.6) is 5.75 Å². The van der Waals surface area contributed by atoms with E-state index in [1.807, 2.05) is 17.4 Å². The fraction of sp³-hybridized carbons (Fsp3) is 0.375. The number of benzene rings is 1. The first kappa shape index (κ1) is 12.7. The molecule has 1 aromatic heterocycles. The van der Waals surface area contributed by atoms with Gasteiger partial charge in [-0.25, -0.2) is 0 Å². The lowest BCUT2D eigenvalue weighted by atomic mass is 9.89. The summed E-state index contributed by atoms with van der Waals surface area (Å²) in [5.41, 5.74) is 2.75. The standard InChI is InChI=1S/C16H19NOS/c1-3-17-16(12-8-9-19-11(12)2)14-10-18-15-7-5-4-6-13(14)15/h4-9,14,16-17H,3,10H2,1-2H3. The van der Waals surface area contributed by atoms with Crippen LogP contribution in [0, 0.1) is 6.92 Å². The molecule has 2 atom stereocenters. The molecule has 0 spiro atoms. The van der Waals surface area contributed by atoms with Gasteiger partial charge in [-0.1, -0.05) is 25.1 Å². The molecule has 1 aliphatic heterocycles. The molecule has 1 N–H and O–H groups in total. The maximum atomic E-state index is 5.84. The second-order valence-corrected chi connectivity index (χ2v) is 6.04. The highest BCUT2D eigenvalue weighted by Gasteiger charge is 2.32.